The summed E-state index contributed by atoms with van der Waals surface area (Å²) < 4.78 is 5.71. The van der Waals surface area contributed by atoms with E-state index in [2.05, 4.69) is 5.32 Å². The van der Waals surface area contributed by atoms with E-state index in [4.69, 9.17) is 4.74 Å². The minimum Gasteiger partial charge on any atom is -0.489 e. The molecule has 0 heterocycles. The van der Waals surface area contributed by atoms with Gasteiger partial charge < -0.3 is 15.2 Å². The van der Waals surface area contributed by atoms with E-state index in [1.54, 1.807) is 26.1 Å². The number of benzene rings is 2. The number of rotatable bonds is 5. The summed E-state index contributed by atoms with van der Waals surface area (Å²) in [5, 5.41) is 12.2. The molecule has 0 aliphatic rings. The number of ether oxygens (including phenoxy) is 1. The van der Waals surface area contributed by atoms with E-state index in [9.17, 15) is 9.90 Å². The summed E-state index contributed by atoms with van der Waals surface area (Å²) in [6.07, 6.45) is -0.523. The van der Waals surface area contributed by atoms with Gasteiger partial charge in [0.1, 0.15) is 12.4 Å². The predicted molar refractivity (Wildman–Crippen MR) is 81.2 cm³/mol. The van der Waals surface area contributed by atoms with Crippen LogP contribution < -0.4 is 10.1 Å². The average molecular weight is 285 g/mol. The first kappa shape index (κ1) is 15.1. The number of carbonyl (C=O) groups is 1. The number of nitrogens with one attached hydrogen (secondary N) is 1. The van der Waals surface area contributed by atoms with E-state index in [1.807, 2.05) is 36.4 Å². The Hall–Kier alpha value is -2.33. The summed E-state index contributed by atoms with van der Waals surface area (Å²) in [7, 11) is 1.60. The quantitative estimate of drug-likeness (QED) is 0.888. The smallest absolute Gasteiger partial charge is 0.251 e. The molecule has 0 saturated heterocycles. The van der Waals surface area contributed by atoms with Crippen molar-refractivity contribution in [3.05, 3.63) is 65.2 Å². The highest BCUT2D eigenvalue weighted by atomic mass is 16.5. The maximum Gasteiger partial charge on any atom is 0.251 e. The normalized spacial score (nSPS) is 11.8. The van der Waals surface area contributed by atoms with Crippen LogP contribution in [-0.4, -0.2) is 18.1 Å². The van der Waals surface area contributed by atoms with Crippen molar-refractivity contribution in [3.63, 3.8) is 0 Å². The van der Waals surface area contributed by atoms with Crippen molar-refractivity contribution in [2.24, 2.45) is 0 Å². The van der Waals surface area contributed by atoms with Gasteiger partial charge in [-0.2, -0.15) is 0 Å². The Kier molecular flexibility index (Phi) is 4.95. The number of aliphatic hydroxyl groups excluding tert-OH is 1. The first-order chi connectivity index (χ1) is 10.1. The van der Waals surface area contributed by atoms with Crippen LogP contribution in [0.1, 0.15) is 34.5 Å². The standard InChI is InChI=1S/C17H19NO3/c1-12(19)14-6-4-8-16(10-14)21-11-13-5-3-7-15(9-13)17(20)18-2/h3-10,12,19H,11H2,1-2H3,(H,18,20). The average Bonchev–Trinajstić information content (AvgIpc) is 2.52. The second kappa shape index (κ2) is 6.90. The molecule has 0 fully saturated rings. The van der Waals surface area contributed by atoms with Crippen LogP contribution in [0.5, 0.6) is 5.75 Å². The Labute approximate surface area is 124 Å². The third-order valence-electron chi connectivity index (χ3n) is 3.16. The number of hydrogen-bond donors (Lipinski definition) is 2. The highest BCUT2D eigenvalue weighted by Gasteiger charge is 2.05. The Bertz CT molecular complexity index is 623. The summed E-state index contributed by atoms with van der Waals surface area (Å²) in [6, 6.07) is 14.7. The summed E-state index contributed by atoms with van der Waals surface area (Å²) in [5.74, 6) is 0.576. The first-order valence-electron chi connectivity index (χ1n) is 6.82. The Morgan fingerprint density at radius 1 is 1.24 bits per heavy atom. The van der Waals surface area contributed by atoms with E-state index in [0.717, 1.165) is 11.1 Å². The van der Waals surface area contributed by atoms with Crippen molar-refractivity contribution >= 4 is 5.91 Å². The van der Waals surface area contributed by atoms with Gasteiger partial charge in [-0.05, 0) is 42.3 Å². The molecule has 0 saturated carbocycles. The third-order valence-corrected chi connectivity index (χ3v) is 3.16. The van der Waals surface area contributed by atoms with Crippen molar-refractivity contribution in [2.45, 2.75) is 19.6 Å². The summed E-state index contributed by atoms with van der Waals surface area (Å²) in [5.41, 5.74) is 2.33. The van der Waals surface area contributed by atoms with Crippen LogP contribution in [0.3, 0.4) is 0 Å². The van der Waals surface area contributed by atoms with Gasteiger partial charge in [0.25, 0.3) is 5.91 Å². The van der Waals surface area contributed by atoms with Crippen LogP contribution in [0.2, 0.25) is 0 Å². The lowest BCUT2D eigenvalue weighted by Gasteiger charge is -2.10. The van der Waals surface area contributed by atoms with E-state index < -0.39 is 6.10 Å². The maximum absolute atomic E-state index is 11.6. The second-order valence-corrected chi connectivity index (χ2v) is 4.82. The van der Waals surface area contributed by atoms with E-state index >= 15 is 0 Å². The van der Waals surface area contributed by atoms with Crippen molar-refractivity contribution in [2.75, 3.05) is 7.05 Å². The minimum atomic E-state index is -0.523. The molecule has 0 radical (unpaired) electrons. The molecule has 2 aromatic carbocycles. The summed E-state index contributed by atoms with van der Waals surface area (Å²) >= 11 is 0. The van der Waals surface area contributed by atoms with Crippen LogP contribution >= 0.6 is 0 Å². The Morgan fingerprint density at radius 2 is 2.00 bits per heavy atom. The fraction of sp³-hybridized carbons (Fsp3) is 0.235. The lowest BCUT2D eigenvalue weighted by atomic mass is 10.1. The fourth-order valence-corrected chi connectivity index (χ4v) is 1.98. The highest BCUT2D eigenvalue weighted by Crippen LogP contribution is 2.20. The number of amides is 1. The molecule has 0 aliphatic carbocycles. The van der Waals surface area contributed by atoms with Crippen molar-refractivity contribution < 1.29 is 14.6 Å². The van der Waals surface area contributed by atoms with Crippen LogP contribution in [0.4, 0.5) is 0 Å². The number of carbonyl (C=O) groups excluding carboxylic acids is 1. The molecule has 21 heavy (non-hydrogen) atoms. The van der Waals surface area contributed by atoms with Gasteiger partial charge in [-0.1, -0.05) is 24.3 Å². The molecule has 0 spiro atoms. The van der Waals surface area contributed by atoms with Gasteiger partial charge in [0.2, 0.25) is 0 Å². The van der Waals surface area contributed by atoms with E-state index in [-0.39, 0.29) is 5.91 Å². The topological polar surface area (TPSA) is 58.6 Å². The molecule has 1 amide bonds. The second-order valence-electron chi connectivity index (χ2n) is 4.82. The molecule has 0 bridgehead atoms. The highest BCUT2D eigenvalue weighted by molar-refractivity contribution is 5.94. The molecule has 4 heteroatoms. The Morgan fingerprint density at radius 3 is 2.71 bits per heavy atom. The largest absolute Gasteiger partial charge is 0.489 e. The monoisotopic (exact) mass is 285 g/mol. The SMILES string of the molecule is CNC(=O)c1cccc(COc2cccc(C(C)O)c2)c1. The van der Waals surface area contributed by atoms with Crippen LogP contribution in [0.15, 0.2) is 48.5 Å². The molecule has 2 rings (SSSR count). The van der Waals surface area contributed by atoms with Crippen LogP contribution in [0.25, 0.3) is 0 Å². The lowest BCUT2D eigenvalue weighted by Crippen LogP contribution is -2.17. The van der Waals surface area contributed by atoms with Gasteiger partial charge in [0, 0.05) is 12.6 Å². The van der Waals surface area contributed by atoms with E-state index in [0.29, 0.717) is 17.9 Å². The summed E-state index contributed by atoms with van der Waals surface area (Å²) in [6.45, 7) is 2.08. The maximum atomic E-state index is 11.6. The fourth-order valence-electron chi connectivity index (χ4n) is 1.98. The van der Waals surface area contributed by atoms with Gasteiger partial charge in [-0.25, -0.2) is 0 Å². The molecule has 2 N–H and O–H groups in total. The minimum absolute atomic E-state index is 0.118. The number of aliphatic hydroxyl groups is 1. The van der Waals surface area contributed by atoms with Crippen molar-refractivity contribution in [1.29, 1.82) is 0 Å². The molecule has 1 unspecified atom stereocenters. The zero-order valence-electron chi connectivity index (χ0n) is 12.2. The van der Waals surface area contributed by atoms with Crippen LogP contribution in [0, 0.1) is 0 Å². The third kappa shape index (κ3) is 4.07. The molecule has 1 atom stereocenters. The summed E-state index contributed by atoms with van der Waals surface area (Å²) in [4.78, 5) is 11.6. The van der Waals surface area contributed by atoms with Gasteiger partial charge in [-0.15, -0.1) is 0 Å². The van der Waals surface area contributed by atoms with Gasteiger partial charge >= 0.3 is 0 Å². The molecular formula is C17H19NO3. The zero-order valence-corrected chi connectivity index (χ0v) is 12.2. The molecule has 110 valence electrons. The number of hydrogen-bond acceptors (Lipinski definition) is 3. The van der Waals surface area contributed by atoms with Gasteiger partial charge in [0.05, 0.1) is 6.10 Å². The lowest BCUT2D eigenvalue weighted by molar-refractivity contribution is 0.0963. The van der Waals surface area contributed by atoms with Crippen LogP contribution in [-0.2, 0) is 6.61 Å². The van der Waals surface area contributed by atoms with Gasteiger partial charge in [0.15, 0.2) is 0 Å². The zero-order chi connectivity index (χ0) is 15.2. The molecule has 4 nitrogen and oxygen atoms in total. The predicted octanol–water partition coefficient (Wildman–Crippen LogP) is 2.68. The molecule has 0 aliphatic heterocycles. The molecule has 0 aromatic heterocycles. The van der Waals surface area contributed by atoms with E-state index in [1.165, 1.54) is 0 Å². The van der Waals surface area contributed by atoms with Crippen molar-refractivity contribution in [3.8, 4) is 5.75 Å². The Balaban J connectivity index is 2.06. The molecule has 2 aromatic rings. The first-order valence-corrected chi connectivity index (χ1v) is 6.82. The van der Waals surface area contributed by atoms with Crippen molar-refractivity contribution in [1.82, 2.24) is 5.32 Å². The van der Waals surface area contributed by atoms with Gasteiger partial charge in [-0.3, -0.25) is 4.79 Å². The molecular weight excluding hydrogens is 266 g/mol.